The lowest BCUT2D eigenvalue weighted by Crippen LogP contribution is -2.39. The van der Waals surface area contributed by atoms with Gasteiger partial charge in [0.15, 0.2) is 0 Å². The number of likely N-dealkylation sites (tertiary alicyclic amines) is 1. The molecule has 5 N–H and O–H groups in total. The predicted octanol–water partition coefficient (Wildman–Crippen LogP) is 0.670. The fourth-order valence-corrected chi connectivity index (χ4v) is 2.01. The van der Waals surface area contributed by atoms with Crippen LogP contribution in [0.3, 0.4) is 0 Å². The highest BCUT2D eigenvalue weighted by molar-refractivity contribution is 5.80. The van der Waals surface area contributed by atoms with E-state index in [1.165, 1.54) is 6.42 Å². The van der Waals surface area contributed by atoms with Gasteiger partial charge in [0.05, 0.1) is 12.2 Å². The van der Waals surface area contributed by atoms with Gasteiger partial charge < -0.3 is 21.7 Å². The number of nitrogens with one attached hydrogen (secondary N) is 1. The Bertz CT molecular complexity index is 428. The summed E-state index contributed by atoms with van der Waals surface area (Å²) in [5, 5.41) is 2.97. The molecule has 18 heavy (non-hydrogen) atoms. The van der Waals surface area contributed by atoms with Crippen molar-refractivity contribution in [2.24, 2.45) is 0 Å². The highest BCUT2D eigenvalue weighted by atomic mass is 16.2. The summed E-state index contributed by atoms with van der Waals surface area (Å²) >= 11 is 0. The number of nitrogen functional groups attached to an aromatic ring is 2. The molecular formula is C12H19N5O. The molecule has 0 saturated carbocycles. The van der Waals surface area contributed by atoms with Crippen molar-refractivity contribution in [3.05, 3.63) is 12.1 Å². The van der Waals surface area contributed by atoms with Crippen LogP contribution < -0.4 is 16.8 Å². The summed E-state index contributed by atoms with van der Waals surface area (Å²) in [5.74, 6) is 0.962. The Hall–Kier alpha value is -1.98. The molecule has 2 heterocycles. The third-order valence-corrected chi connectivity index (χ3v) is 3.09. The van der Waals surface area contributed by atoms with E-state index >= 15 is 0 Å². The first-order valence-electron chi connectivity index (χ1n) is 6.20. The number of hydrogen-bond acceptors (Lipinski definition) is 5. The van der Waals surface area contributed by atoms with Gasteiger partial charge in [-0.25, -0.2) is 4.98 Å². The van der Waals surface area contributed by atoms with Crippen molar-refractivity contribution < 1.29 is 4.79 Å². The van der Waals surface area contributed by atoms with E-state index in [2.05, 4.69) is 10.3 Å². The number of amides is 1. The second-order valence-electron chi connectivity index (χ2n) is 4.47. The van der Waals surface area contributed by atoms with E-state index in [1.54, 1.807) is 12.1 Å². The minimum atomic E-state index is 0.104. The molecule has 0 atom stereocenters. The number of pyridine rings is 1. The maximum absolute atomic E-state index is 11.9. The zero-order valence-electron chi connectivity index (χ0n) is 10.4. The first kappa shape index (κ1) is 12.5. The van der Waals surface area contributed by atoms with Crippen LogP contribution in [-0.4, -0.2) is 35.4 Å². The lowest BCUT2D eigenvalue weighted by atomic mass is 10.1. The lowest BCUT2D eigenvalue weighted by molar-refractivity contribution is -0.130. The van der Waals surface area contributed by atoms with Crippen molar-refractivity contribution in [3.8, 4) is 0 Å². The minimum absolute atomic E-state index is 0.104. The molecule has 0 aliphatic carbocycles. The third-order valence-electron chi connectivity index (χ3n) is 3.09. The molecule has 1 aromatic rings. The van der Waals surface area contributed by atoms with Crippen molar-refractivity contribution in [1.82, 2.24) is 9.88 Å². The number of nitrogens with two attached hydrogens (primary N) is 2. The van der Waals surface area contributed by atoms with Crippen LogP contribution in [0.2, 0.25) is 0 Å². The molecule has 0 aromatic carbocycles. The highest BCUT2D eigenvalue weighted by Gasteiger charge is 2.15. The molecule has 6 nitrogen and oxygen atoms in total. The third kappa shape index (κ3) is 3.03. The molecule has 98 valence electrons. The minimum Gasteiger partial charge on any atom is -0.396 e. The van der Waals surface area contributed by atoms with Gasteiger partial charge in [0.1, 0.15) is 11.6 Å². The van der Waals surface area contributed by atoms with E-state index < -0.39 is 0 Å². The molecule has 0 bridgehead atoms. The van der Waals surface area contributed by atoms with E-state index in [0.717, 1.165) is 25.9 Å². The monoisotopic (exact) mass is 249 g/mol. The SMILES string of the molecule is Nc1ccc(NCC(=O)N2CCCCC2)nc1N. The van der Waals surface area contributed by atoms with Crippen LogP contribution in [0.4, 0.5) is 17.3 Å². The fraction of sp³-hybridized carbons (Fsp3) is 0.500. The molecule has 6 heteroatoms. The molecule has 1 aromatic heterocycles. The maximum Gasteiger partial charge on any atom is 0.241 e. The number of anilines is 3. The van der Waals surface area contributed by atoms with Crippen LogP contribution in [0, 0.1) is 0 Å². The molecule has 1 aliphatic rings. The van der Waals surface area contributed by atoms with Gasteiger partial charge >= 0.3 is 0 Å². The number of piperidine rings is 1. The Morgan fingerprint density at radius 2 is 2.00 bits per heavy atom. The van der Waals surface area contributed by atoms with Crippen LogP contribution in [0.25, 0.3) is 0 Å². The van der Waals surface area contributed by atoms with E-state index in [-0.39, 0.29) is 18.3 Å². The molecule has 1 fully saturated rings. The van der Waals surface area contributed by atoms with Crippen LogP contribution in [0.5, 0.6) is 0 Å². The predicted molar refractivity (Wildman–Crippen MR) is 72.0 cm³/mol. The Morgan fingerprint density at radius 1 is 1.28 bits per heavy atom. The van der Waals surface area contributed by atoms with E-state index in [4.69, 9.17) is 11.5 Å². The molecule has 0 unspecified atom stereocenters. The first-order chi connectivity index (χ1) is 8.66. The normalized spacial score (nSPS) is 15.4. The molecular weight excluding hydrogens is 230 g/mol. The zero-order chi connectivity index (χ0) is 13.0. The van der Waals surface area contributed by atoms with Gasteiger partial charge in [0, 0.05) is 13.1 Å². The second kappa shape index (κ2) is 5.57. The van der Waals surface area contributed by atoms with Gasteiger partial charge in [-0.2, -0.15) is 0 Å². The highest BCUT2D eigenvalue weighted by Crippen LogP contribution is 2.14. The number of nitrogens with zero attached hydrogens (tertiary/aromatic N) is 2. The average molecular weight is 249 g/mol. The van der Waals surface area contributed by atoms with Crippen LogP contribution in [0.15, 0.2) is 12.1 Å². The number of carbonyl (C=O) groups excluding carboxylic acids is 1. The number of aromatic nitrogens is 1. The van der Waals surface area contributed by atoms with Gasteiger partial charge in [-0.15, -0.1) is 0 Å². The number of rotatable bonds is 3. The standard InChI is InChI=1S/C12H19N5O/c13-9-4-5-10(16-12(9)14)15-8-11(18)17-6-2-1-3-7-17/h4-5H,1-3,6-8,13H2,(H3,14,15,16). The lowest BCUT2D eigenvalue weighted by Gasteiger charge is -2.26. The van der Waals surface area contributed by atoms with Crippen LogP contribution in [-0.2, 0) is 4.79 Å². The Kier molecular flexibility index (Phi) is 3.86. The van der Waals surface area contributed by atoms with Gasteiger partial charge in [-0.1, -0.05) is 0 Å². The quantitative estimate of drug-likeness (QED) is 0.731. The topological polar surface area (TPSA) is 97.3 Å². The molecule has 1 amide bonds. The summed E-state index contributed by atoms with van der Waals surface area (Å²) < 4.78 is 0. The Morgan fingerprint density at radius 3 is 2.67 bits per heavy atom. The molecule has 1 saturated heterocycles. The summed E-state index contributed by atoms with van der Waals surface area (Å²) in [4.78, 5) is 17.8. The summed E-state index contributed by atoms with van der Waals surface area (Å²) in [6.07, 6.45) is 3.41. The van der Waals surface area contributed by atoms with Gasteiger partial charge in [-0.05, 0) is 31.4 Å². The maximum atomic E-state index is 11.9. The smallest absolute Gasteiger partial charge is 0.241 e. The zero-order valence-corrected chi connectivity index (χ0v) is 10.4. The number of carbonyl (C=O) groups is 1. The van der Waals surface area contributed by atoms with E-state index in [9.17, 15) is 4.79 Å². The van der Waals surface area contributed by atoms with Crippen molar-refractivity contribution >= 4 is 23.2 Å². The van der Waals surface area contributed by atoms with Crippen LogP contribution in [0.1, 0.15) is 19.3 Å². The Labute approximate surface area is 106 Å². The second-order valence-corrected chi connectivity index (χ2v) is 4.47. The summed E-state index contributed by atoms with van der Waals surface area (Å²) in [6.45, 7) is 1.96. The van der Waals surface area contributed by atoms with Gasteiger partial charge in [0.25, 0.3) is 0 Å². The number of hydrogen-bond donors (Lipinski definition) is 3. The molecule has 0 spiro atoms. The molecule has 0 radical (unpaired) electrons. The first-order valence-corrected chi connectivity index (χ1v) is 6.20. The van der Waals surface area contributed by atoms with Gasteiger partial charge in [-0.3, -0.25) is 4.79 Å². The van der Waals surface area contributed by atoms with Crippen LogP contribution >= 0.6 is 0 Å². The van der Waals surface area contributed by atoms with Crippen molar-refractivity contribution in [2.75, 3.05) is 36.4 Å². The van der Waals surface area contributed by atoms with Gasteiger partial charge in [0.2, 0.25) is 5.91 Å². The van der Waals surface area contributed by atoms with E-state index in [1.807, 2.05) is 4.90 Å². The van der Waals surface area contributed by atoms with E-state index in [0.29, 0.717) is 11.5 Å². The molecule has 1 aliphatic heterocycles. The van der Waals surface area contributed by atoms with Crippen molar-refractivity contribution in [3.63, 3.8) is 0 Å². The fourth-order valence-electron chi connectivity index (χ4n) is 2.01. The summed E-state index contributed by atoms with van der Waals surface area (Å²) in [7, 11) is 0. The average Bonchev–Trinajstić information content (AvgIpc) is 2.41. The Balaban J connectivity index is 1.86. The van der Waals surface area contributed by atoms with Crippen molar-refractivity contribution in [1.29, 1.82) is 0 Å². The van der Waals surface area contributed by atoms with Crippen molar-refractivity contribution in [2.45, 2.75) is 19.3 Å². The summed E-state index contributed by atoms with van der Waals surface area (Å²) in [5.41, 5.74) is 11.6. The summed E-state index contributed by atoms with van der Waals surface area (Å²) in [6, 6.07) is 3.39. The molecule has 2 rings (SSSR count). The largest absolute Gasteiger partial charge is 0.396 e.